The maximum Gasteiger partial charge on any atom is 0.0666 e. The summed E-state index contributed by atoms with van der Waals surface area (Å²) in [6.07, 6.45) is 0. The molecular formula is C6H8N2. The lowest BCUT2D eigenvalue weighted by atomic mass is 10.00. The first-order valence-corrected chi connectivity index (χ1v) is 2.51. The fraction of sp³-hybridized carbons (Fsp3) is 0.667. The number of hydrogen-bond donors (Lipinski definition) is 0. The summed E-state index contributed by atoms with van der Waals surface area (Å²) in [6.45, 7) is 3.49. The van der Waals surface area contributed by atoms with E-state index < -0.39 is 0 Å². The van der Waals surface area contributed by atoms with Crippen molar-refractivity contribution in [2.75, 3.05) is 0 Å². The van der Waals surface area contributed by atoms with Crippen LogP contribution < -0.4 is 0 Å². The van der Waals surface area contributed by atoms with Gasteiger partial charge in [-0.2, -0.15) is 10.5 Å². The molecule has 0 aromatic rings. The molecule has 42 valence electrons. The van der Waals surface area contributed by atoms with Gasteiger partial charge < -0.3 is 0 Å². The van der Waals surface area contributed by atoms with Gasteiger partial charge in [-0.25, -0.2) is 0 Å². The molecule has 0 N–H and O–H groups in total. The second-order valence-electron chi connectivity index (χ2n) is 1.84. The molecule has 0 aliphatic heterocycles. The maximum absolute atomic E-state index is 8.24. The van der Waals surface area contributed by atoms with Crippen LogP contribution in [0.1, 0.15) is 13.8 Å². The Hall–Kier alpha value is -1.02. The van der Waals surface area contributed by atoms with Crippen molar-refractivity contribution in [1.29, 1.82) is 10.5 Å². The first kappa shape index (κ1) is 6.98. The Morgan fingerprint density at radius 1 is 1.00 bits per heavy atom. The lowest BCUT2D eigenvalue weighted by Crippen LogP contribution is -2.01. The standard InChI is InChI=1S/C6H8N2/c1-5(3-7)6(2)4-8/h5-6H,1-2H3/t5-,6-/m0/s1. The zero-order valence-corrected chi connectivity index (χ0v) is 5.05. The van der Waals surface area contributed by atoms with Gasteiger partial charge in [0, 0.05) is 0 Å². The van der Waals surface area contributed by atoms with E-state index >= 15 is 0 Å². The van der Waals surface area contributed by atoms with Gasteiger partial charge in [-0.05, 0) is 13.8 Å². The minimum atomic E-state index is -0.139. The highest BCUT2D eigenvalue weighted by Crippen LogP contribution is 2.06. The molecule has 0 aliphatic carbocycles. The molecule has 0 rings (SSSR count). The normalized spacial score (nSPS) is 15.5. The topological polar surface area (TPSA) is 47.6 Å². The lowest BCUT2D eigenvalue weighted by Gasteiger charge is -1.99. The molecule has 0 aromatic carbocycles. The van der Waals surface area contributed by atoms with Gasteiger partial charge in [-0.3, -0.25) is 0 Å². The van der Waals surface area contributed by atoms with E-state index in [9.17, 15) is 0 Å². The van der Waals surface area contributed by atoms with Gasteiger partial charge in [0.1, 0.15) is 0 Å². The number of nitrogens with zero attached hydrogens (tertiary/aromatic N) is 2. The first-order chi connectivity index (χ1) is 3.72. The molecule has 0 fully saturated rings. The first-order valence-electron chi connectivity index (χ1n) is 2.51. The van der Waals surface area contributed by atoms with Crippen LogP contribution in [0.4, 0.5) is 0 Å². The monoisotopic (exact) mass is 108 g/mol. The van der Waals surface area contributed by atoms with Gasteiger partial charge >= 0.3 is 0 Å². The van der Waals surface area contributed by atoms with E-state index in [1.54, 1.807) is 13.8 Å². The van der Waals surface area contributed by atoms with Crippen molar-refractivity contribution in [2.24, 2.45) is 11.8 Å². The fourth-order valence-electron chi connectivity index (χ4n) is 0.224. The molecule has 0 radical (unpaired) electrons. The largest absolute Gasteiger partial charge is 0.198 e. The molecule has 0 aromatic heterocycles. The smallest absolute Gasteiger partial charge is 0.0666 e. The number of hydrogen-bond acceptors (Lipinski definition) is 2. The van der Waals surface area contributed by atoms with Crippen LogP contribution >= 0.6 is 0 Å². The van der Waals surface area contributed by atoms with E-state index in [1.165, 1.54) is 0 Å². The van der Waals surface area contributed by atoms with Gasteiger partial charge in [0.05, 0.1) is 24.0 Å². The molecule has 0 heterocycles. The van der Waals surface area contributed by atoms with Gasteiger partial charge in [-0.15, -0.1) is 0 Å². The van der Waals surface area contributed by atoms with Gasteiger partial charge in [0.15, 0.2) is 0 Å². The Balaban J connectivity index is 3.72. The average molecular weight is 108 g/mol. The summed E-state index contributed by atoms with van der Waals surface area (Å²) in [4.78, 5) is 0. The summed E-state index contributed by atoms with van der Waals surface area (Å²) in [5.74, 6) is -0.278. The van der Waals surface area contributed by atoms with Gasteiger partial charge in [-0.1, -0.05) is 0 Å². The van der Waals surface area contributed by atoms with Crippen LogP contribution in [0.25, 0.3) is 0 Å². The van der Waals surface area contributed by atoms with Crippen LogP contribution in [0.3, 0.4) is 0 Å². The van der Waals surface area contributed by atoms with E-state index in [-0.39, 0.29) is 11.8 Å². The summed E-state index contributed by atoms with van der Waals surface area (Å²) in [6, 6.07) is 3.99. The van der Waals surface area contributed by atoms with Crippen LogP contribution in [0.2, 0.25) is 0 Å². The zero-order valence-electron chi connectivity index (χ0n) is 5.05. The highest BCUT2D eigenvalue weighted by molar-refractivity contribution is 4.93. The quantitative estimate of drug-likeness (QED) is 0.508. The minimum Gasteiger partial charge on any atom is -0.198 e. The summed E-state index contributed by atoms with van der Waals surface area (Å²) < 4.78 is 0. The van der Waals surface area contributed by atoms with E-state index in [4.69, 9.17) is 10.5 Å². The summed E-state index contributed by atoms with van der Waals surface area (Å²) >= 11 is 0. The van der Waals surface area contributed by atoms with Crippen molar-refractivity contribution in [1.82, 2.24) is 0 Å². The predicted molar refractivity (Wildman–Crippen MR) is 29.6 cm³/mol. The Morgan fingerprint density at radius 3 is 1.38 bits per heavy atom. The third kappa shape index (κ3) is 1.62. The van der Waals surface area contributed by atoms with Crippen LogP contribution in [-0.4, -0.2) is 0 Å². The average Bonchev–Trinajstić information content (AvgIpc) is 1.84. The molecule has 2 nitrogen and oxygen atoms in total. The molecule has 0 amide bonds. The van der Waals surface area contributed by atoms with E-state index in [0.29, 0.717) is 0 Å². The zero-order chi connectivity index (χ0) is 6.57. The Kier molecular flexibility index (Phi) is 2.66. The number of rotatable bonds is 1. The van der Waals surface area contributed by atoms with Gasteiger partial charge in [0.25, 0.3) is 0 Å². The summed E-state index contributed by atoms with van der Waals surface area (Å²) in [5, 5.41) is 16.5. The van der Waals surface area contributed by atoms with E-state index in [0.717, 1.165) is 0 Å². The summed E-state index contributed by atoms with van der Waals surface area (Å²) in [5.41, 5.74) is 0. The van der Waals surface area contributed by atoms with Crippen molar-refractivity contribution in [3.8, 4) is 12.1 Å². The third-order valence-electron chi connectivity index (χ3n) is 1.16. The Morgan fingerprint density at radius 2 is 1.25 bits per heavy atom. The van der Waals surface area contributed by atoms with Gasteiger partial charge in [0.2, 0.25) is 0 Å². The van der Waals surface area contributed by atoms with E-state index in [1.807, 2.05) is 12.1 Å². The van der Waals surface area contributed by atoms with Crippen LogP contribution in [0.15, 0.2) is 0 Å². The van der Waals surface area contributed by atoms with Crippen molar-refractivity contribution in [3.63, 3.8) is 0 Å². The van der Waals surface area contributed by atoms with Crippen LogP contribution in [0.5, 0.6) is 0 Å². The van der Waals surface area contributed by atoms with Crippen molar-refractivity contribution < 1.29 is 0 Å². The number of nitriles is 2. The van der Waals surface area contributed by atoms with Crippen molar-refractivity contribution >= 4 is 0 Å². The molecule has 0 unspecified atom stereocenters. The van der Waals surface area contributed by atoms with Crippen molar-refractivity contribution in [3.05, 3.63) is 0 Å². The highest BCUT2D eigenvalue weighted by atomic mass is 14.3. The fourth-order valence-corrected chi connectivity index (χ4v) is 0.224. The summed E-state index contributed by atoms with van der Waals surface area (Å²) in [7, 11) is 0. The third-order valence-corrected chi connectivity index (χ3v) is 1.16. The highest BCUT2D eigenvalue weighted by Gasteiger charge is 2.07. The maximum atomic E-state index is 8.24. The molecule has 2 atom stereocenters. The molecule has 2 heteroatoms. The van der Waals surface area contributed by atoms with E-state index in [2.05, 4.69) is 0 Å². The molecule has 0 spiro atoms. The molecule has 0 saturated heterocycles. The molecule has 0 aliphatic rings. The molecule has 0 bridgehead atoms. The second-order valence-corrected chi connectivity index (χ2v) is 1.84. The predicted octanol–water partition coefficient (Wildman–Crippen LogP) is 1.31. The minimum absolute atomic E-state index is 0.139. The van der Waals surface area contributed by atoms with Crippen LogP contribution in [-0.2, 0) is 0 Å². The molecule has 8 heavy (non-hydrogen) atoms. The lowest BCUT2D eigenvalue weighted by molar-refractivity contribution is 0.582. The Labute approximate surface area is 49.3 Å². The molecule has 0 saturated carbocycles. The second kappa shape index (κ2) is 3.04. The SMILES string of the molecule is C[C@@H](C#N)[C@@H](C)C#N. The van der Waals surface area contributed by atoms with Crippen LogP contribution in [0, 0.1) is 34.5 Å². The Bertz CT molecular complexity index is 120. The van der Waals surface area contributed by atoms with Crippen molar-refractivity contribution in [2.45, 2.75) is 13.8 Å². The molecular weight excluding hydrogens is 100 g/mol.